The van der Waals surface area contributed by atoms with Crippen molar-refractivity contribution >= 4 is 27.7 Å². The van der Waals surface area contributed by atoms with E-state index in [0.717, 1.165) is 24.0 Å². The van der Waals surface area contributed by atoms with Gasteiger partial charge in [-0.05, 0) is 29.8 Å². The van der Waals surface area contributed by atoms with Gasteiger partial charge in [0.15, 0.2) is 16.1 Å². The summed E-state index contributed by atoms with van der Waals surface area (Å²) in [6, 6.07) is 9.57. The number of sulfone groups is 1. The molecule has 2 atom stereocenters. The summed E-state index contributed by atoms with van der Waals surface area (Å²) in [5.74, 6) is -1.58. The second kappa shape index (κ2) is 11.4. The maximum atomic E-state index is 14.7. The molecule has 0 radical (unpaired) electrons. The average Bonchev–Trinajstić information content (AvgIpc) is 3.36. The van der Waals surface area contributed by atoms with Gasteiger partial charge in [-0.1, -0.05) is 31.2 Å². The van der Waals surface area contributed by atoms with Gasteiger partial charge in [-0.15, -0.1) is 11.8 Å². The number of benzene rings is 2. The van der Waals surface area contributed by atoms with Gasteiger partial charge in [0.05, 0.1) is 29.9 Å². The maximum Gasteiger partial charge on any atom is 0.177 e. The van der Waals surface area contributed by atoms with Crippen LogP contribution in [0.3, 0.4) is 0 Å². The van der Waals surface area contributed by atoms with E-state index < -0.39 is 38.6 Å². The fraction of sp³-hybridized carbons (Fsp3) is 0.360. The Morgan fingerprint density at radius 3 is 2.51 bits per heavy atom. The van der Waals surface area contributed by atoms with Crippen LogP contribution in [0.15, 0.2) is 66.1 Å². The number of rotatable bonds is 9. The van der Waals surface area contributed by atoms with Gasteiger partial charge in [0.1, 0.15) is 29.9 Å². The van der Waals surface area contributed by atoms with E-state index in [1.54, 1.807) is 31.2 Å². The lowest BCUT2D eigenvalue weighted by molar-refractivity contribution is -0.146. The normalized spacial score (nSPS) is 21.1. The first-order valence-corrected chi connectivity index (χ1v) is 14.3. The summed E-state index contributed by atoms with van der Waals surface area (Å²) in [4.78, 5) is 4.12. The molecule has 37 heavy (non-hydrogen) atoms. The number of aliphatic hydroxyl groups is 1. The molecule has 1 N–H and O–H groups in total. The van der Waals surface area contributed by atoms with Crippen molar-refractivity contribution in [3.05, 3.63) is 84.0 Å². The minimum Gasteiger partial charge on any atom is -0.382 e. The molecule has 1 aliphatic heterocycles. The fourth-order valence-corrected chi connectivity index (χ4v) is 5.89. The Morgan fingerprint density at radius 1 is 1.22 bits per heavy atom. The third-order valence-corrected chi connectivity index (χ3v) is 8.57. The predicted octanol–water partition coefficient (Wildman–Crippen LogP) is 3.42. The van der Waals surface area contributed by atoms with Crippen molar-refractivity contribution < 1.29 is 31.8 Å². The van der Waals surface area contributed by atoms with Crippen molar-refractivity contribution in [2.75, 3.05) is 19.5 Å². The van der Waals surface area contributed by atoms with Crippen LogP contribution in [0, 0.1) is 11.6 Å². The summed E-state index contributed by atoms with van der Waals surface area (Å²) in [6.45, 7) is 2.32. The number of aromatic nitrogens is 3. The molecule has 1 aromatic heterocycles. The van der Waals surface area contributed by atoms with Gasteiger partial charge in [0.25, 0.3) is 0 Å². The zero-order chi connectivity index (χ0) is 26.6. The first-order valence-electron chi connectivity index (χ1n) is 11.4. The smallest absolute Gasteiger partial charge is 0.177 e. The van der Waals surface area contributed by atoms with Crippen LogP contribution in [-0.2, 0) is 31.5 Å². The molecule has 0 aliphatic carbocycles. The van der Waals surface area contributed by atoms with Crippen LogP contribution in [-0.4, -0.2) is 64.5 Å². The molecule has 3 aromatic rings. The zero-order valence-electron chi connectivity index (χ0n) is 20.2. The fourth-order valence-electron chi connectivity index (χ4n) is 3.94. The average molecular weight is 552 g/mol. The van der Waals surface area contributed by atoms with Crippen LogP contribution in [0.2, 0.25) is 0 Å². The first-order chi connectivity index (χ1) is 17.5. The van der Waals surface area contributed by atoms with Crippen LogP contribution < -0.4 is 0 Å². The topological polar surface area (TPSA) is 104 Å². The van der Waals surface area contributed by atoms with Gasteiger partial charge < -0.3 is 14.6 Å². The van der Waals surface area contributed by atoms with Crippen molar-refractivity contribution in [1.29, 1.82) is 0 Å². The number of nitrogens with zero attached hydrogens (tertiary/aromatic N) is 3. The van der Waals surface area contributed by atoms with Crippen molar-refractivity contribution in [1.82, 2.24) is 14.8 Å². The maximum absolute atomic E-state index is 14.7. The molecule has 0 spiro atoms. The van der Waals surface area contributed by atoms with Crippen molar-refractivity contribution in [2.45, 2.75) is 40.8 Å². The lowest BCUT2D eigenvalue weighted by atomic mass is 9.90. The van der Waals surface area contributed by atoms with Crippen LogP contribution in [0.4, 0.5) is 8.78 Å². The molecule has 198 valence electrons. The molecule has 8 nitrogen and oxygen atoms in total. The van der Waals surface area contributed by atoms with E-state index in [9.17, 15) is 22.3 Å². The van der Waals surface area contributed by atoms with Gasteiger partial charge >= 0.3 is 0 Å². The Kier molecular flexibility index (Phi) is 8.44. The Balaban J connectivity index is 1.39. The molecule has 0 amide bonds. The van der Waals surface area contributed by atoms with Gasteiger partial charge in [0, 0.05) is 23.1 Å². The highest BCUT2D eigenvalue weighted by Crippen LogP contribution is 2.38. The Morgan fingerprint density at radius 2 is 1.92 bits per heavy atom. The van der Waals surface area contributed by atoms with Gasteiger partial charge in [-0.25, -0.2) is 26.9 Å². The minimum atomic E-state index is -3.26. The van der Waals surface area contributed by atoms with Crippen LogP contribution in [0.5, 0.6) is 0 Å². The first kappa shape index (κ1) is 27.4. The molecule has 0 bridgehead atoms. The highest BCUT2D eigenvalue weighted by molar-refractivity contribution is 8.00. The van der Waals surface area contributed by atoms with Crippen molar-refractivity contribution in [2.24, 2.45) is 0 Å². The molecular formula is C25H27F2N3O5S2. The summed E-state index contributed by atoms with van der Waals surface area (Å²) < 4.78 is 64.4. The lowest BCUT2D eigenvalue weighted by Gasteiger charge is -2.37. The molecule has 4 rings (SSSR count). The standard InChI is InChI=1S/C25H27F2N3O5S2/c1-17(25(31,14-30-16-28-15-29-30)22-9-6-19(26)11-23(22)27)36-20-12-34-24(35-13-20)10-5-18-3-7-21(8-4-18)37(2,32)33/h3-11,15-17,20,24,31H,12-14H2,1-2H3/t17-,20-,24-,25-/m1/s1. The molecule has 0 saturated carbocycles. The van der Waals surface area contributed by atoms with E-state index in [-0.39, 0.29) is 22.3 Å². The summed E-state index contributed by atoms with van der Waals surface area (Å²) >= 11 is 1.37. The van der Waals surface area contributed by atoms with Gasteiger partial charge in [-0.3, -0.25) is 0 Å². The van der Waals surface area contributed by atoms with Crippen molar-refractivity contribution in [3.8, 4) is 0 Å². The van der Waals surface area contributed by atoms with Gasteiger partial charge in [0.2, 0.25) is 0 Å². The number of halogens is 2. The van der Waals surface area contributed by atoms with E-state index in [1.807, 2.05) is 0 Å². The summed E-state index contributed by atoms with van der Waals surface area (Å²) in [5, 5.41) is 15.0. The molecule has 1 saturated heterocycles. The number of hydrogen-bond acceptors (Lipinski definition) is 8. The quantitative estimate of drug-likeness (QED) is 0.432. The number of thioether (sulfide) groups is 1. The second-order valence-electron chi connectivity index (χ2n) is 8.78. The highest BCUT2D eigenvalue weighted by atomic mass is 32.2. The van der Waals surface area contributed by atoms with E-state index in [1.165, 1.54) is 47.3 Å². The molecule has 12 heteroatoms. The minimum absolute atomic E-state index is 0.0373. The molecule has 2 aromatic carbocycles. The summed E-state index contributed by atoms with van der Waals surface area (Å²) in [6.07, 6.45) is 6.81. The van der Waals surface area contributed by atoms with E-state index >= 15 is 0 Å². The Labute approximate surface area is 218 Å². The van der Waals surface area contributed by atoms with Crippen LogP contribution in [0.1, 0.15) is 18.1 Å². The third-order valence-electron chi connectivity index (χ3n) is 5.98. The Hall–Kier alpha value is -2.64. The molecule has 2 heterocycles. The summed E-state index contributed by atoms with van der Waals surface area (Å²) in [7, 11) is -3.26. The Bertz CT molecular complexity index is 1330. The summed E-state index contributed by atoms with van der Waals surface area (Å²) in [5.41, 5.74) is -0.959. The third kappa shape index (κ3) is 6.82. The largest absolute Gasteiger partial charge is 0.382 e. The van der Waals surface area contributed by atoms with E-state index in [2.05, 4.69) is 10.1 Å². The van der Waals surface area contributed by atoms with Crippen molar-refractivity contribution in [3.63, 3.8) is 0 Å². The monoisotopic (exact) mass is 551 g/mol. The molecular weight excluding hydrogens is 524 g/mol. The zero-order valence-corrected chi connectivity index (χ0v) is 21.8. The molecule has 1 fully saturated rings. The number of ether oxygens (including phenoxy) is 2. The predicted molar refractivity (Wildman–Crippen MR) is 135 cm³/mol. The number of hydrogen-bond donors (Lipinski definition) is 1. The molecule has 0 unspecified atom stereocenters. The second-order valence-corrected chi connectivity index (χ2v) is 12.4. The van der Waals surface area contributed by atoms with E-state index in [0.29, 0.717) is 13.2 Å². The highest BCUT2D eigenvalue weighted by Gasteiger charge is 2.41. The van der Waals surface area contributed by atoms with Crippen LogP contribution >= 0.6 is 11.8 Å². The van der Waals surface area contributed by atoms with Crippen LogP contribution in [0.25, 0.3) is 6.08 Å². The SMILES string of the molecule is C[C@@H](S[C@H]1CO[C@H](C=Cc2ccc(S(C)(=O)=O)cc2)OC1)[C@](O)(Cn1cncn1)c1ccc(F)cc1F. The van der Waals surface area contributed by atoms with Gasteiger partial charge in [-0.2, -0.15) is 5.10 Å². The molecule has 1 aliphatic rings. The lowest BCUT2D eigenvalue weighted by Crippen LogP contribution is -2.43. The van der Waals surface area contributed by atoms with E-state index in [4.69, 9.17) is 9.47 Å².